The van der Waals surface area contributed by atoms with Gasteiger partial charge in [0.1, 0.15) is 0 Å². The van der Waals surface area contributed by atoms with Crippen molar-refractivity contribution >= 4 is 50.5 Å². The number of thiocarbonyl (C=S) groups is 1. The standard InChI is InChI=1S/C9H10BrClN2S/c1-2-12-9(14)13-8-4-3-6(10)5-7(8)11/h3-5H,2H2,1H3,(H2,12,13,14). The van der Waals surface area contributed by atoms with E-state index in [1.165, 1.54) is 0 Å². The lowest BCUT2D eigenvalue weighted by Crippen LogP contribution is -2.27. The molecular weight excluding hydrogens is 284 g/mol. The minimum absolute atomic E-state index is 0.580. The number of rotatable bonds is 2. The Hall–Kier alpha value is -0.320. The summed E-state index contributed by atoms with van der Waals surface area (Å²) in [4.78, 5) is 0. The van der Waals surface area contributed by atoms with E-state index in [0.717, 1.165) is 16.7 Å². The molecule has 0 aliphatic carbocycles. The van der Waals surface area contributed by atoms with Crippen molar-refractivity contribution in [2.24, 2.45) is 0 Å². The van der Waals surface area contributed by atoms with Gasteiger partial charge in [0.05, 0.1) is 10.7 Å². The number of hydrogen-bond acceptors (Lipinski definition) is 1. The van der Waals surface area contributed by atoms with Gasteiger partial charge >= 0.3 is 0 Å². The van der Waals surface area contributed by atoms with Gasteiger partial charge in [0.15, 0.2) is 5.11 Å². The molecule has 5 heteroatoms. The van der Waals surface area contributed by atoms with Gasteiger partial charge in [-0.25, -0.2) is 0 Å². The number of anilines is 1. The summed E-state index contributed by atoms with van der Waals surface area (Å²) in [7, 11) is 0. The number of halogens is 2. The Morgan fingerprint density at radius 3 is 2.86 bits per heavy atom. The Morgan fingerprint density at radius 2 is 2.29 bits per heavy atom. The highest BCUT2D eigenvalue weighted by atomic mass is 79.9. The summed E-state index contributed by atoms with van der Waals surface area (Å²) >= 11 is 14.4. The Morgan fingerprint density at radius 1 is 1.57 bits per heavy atom. The SMILES string of the molecule is CCNC(=S)Nc1ccc(Br)cc1Cl. The number of benzene rings is 1. The van der Waals surface area contributed by atoms with Crippen molar-refractivity contribution in [2.75, 3.05) is 11.9 Å². The molecule has 1 aromatic rings. The summed E-state index contributed by atoms with van der Waals surface area (Å²) in [6, 6.07) is 5.59. The molecule has 0 spiro atoms. The maximum absolute atomic E-state index is 5.99. The van der Waals surface area contributed by atoms with Crippen LogP contribution in [0.25, 0.3) is 0 Å². The average molecular weight is 294 g/mol. The van der Waals surface area contributed by atoms with E-state index in [2.05, 4.69) is 26.6 Å². The molecule has 0 heterocycles. The van der Waals surface area contributed by atoms with Crippen molar-refractivity contribution in [1.29, 1.82) is 0 Å². The van der Waals surface area contributed by atoms with E-state index in [9.17, 15) is 0 Å². The van der Waals surface area contributed by atoms with E-state index in [1.807, 2.05) is 25.1 Å². The van der Waals surface area contributed by atoms with Crippen LogP contribution in [0, 0.1) is 0 Å². The number of nitrogens with one attached hydrogen (secondary N) is 2. The smallest absolute Gasteiger partial charge is 0.170 e. The van der Waals surface area contributed by atoms with E-state index in [4.69, 9.17) is 23.8 Å². The molecular formula is C9H10BrClN2S. The minimum Gasteiger partial charge on any atom is -0.363 e. The molecule has 14 heavy (non-hydrogen) atoms. The van der Waals surface area contributed by atoms with E-state index >= 15 is 0 Å². The van der Waals surface area contributed by atoms with Crippen LogP contribution in [-0.4, -0.2) is 11.7 Å². The maximum Gasteiger partial charge on any atom is 0.170 e. The monoisotopic (exact) mass is 292 g/mol. The molecule has 0 atom stereocenters. The Kier molecular flexibility index (Phi) is 4.65. The molecule has 0 aromatic heterocycles. The van der Waals surface area contributed by atoms with Gasteiger partial charge in [0, 0.05) is 11.0 Å². The van der Waals surface area contributed by atoms with Gasteiger partial charge in [-0.1, -0.05) is 27.5 Å². The predicted octanol–water partition coefficient (Wildman–Crippen LogP) is 3.41. The fraction of sp³-hybridized carbons (Fsp3) is 0.222. The van der Waals surface area contributed by atoms with E-state index in [1.54, 1.807) is 0 Å². The van der Waals surface area contributed by atoms with Gasteiger partial charge in [0.25, 0.3) is 0 Å². The normalized spacial score (nSPS) is 9.64. The Labute approximate surface area is 102 Å². The van der Waals surface area contributed by atoms with Crippen LogP contribution in [0.15, 0.2) is 22.7 Å². The Balaban J connectivity index is 2.72. The van der Waals surface area contributed by atoms with Gasteiger partial charge in [-0.3, -0.25) is 0 Å². The van der Waals surface area contributed by atoms with E-state index in [-0.39, 0.29) is 0 Å². The molecule has 0 saturated heterocycles. The van der Waals surface area contributed by atoms with Gasteiger partial charge in [-0.15, -0.1) is 0 Å². The second-order valence-corrected chi connectivity index (χ2v) is 4.34. The predicted molar refractivity (Wildman–Crippen MR) is 69.0 cm³/mol. The first-order valence-electron chi connectivity index (χ1n) is 4.13. The third-order valence-electron chi connectivity index (χ3n) is 1.52. The molecule has 0 unspecified atom stereocenters. The van der Waals surface area contributed by atoms with Gasteiger partial charge in [-0.05, 0) is 37.3 Å². The minimum atomic E-state index is 0.580. The molecule has 0 saturated carbocycles. The molecule has 1 rings (SSSR count). The highest BCUT2D eigenvalue weighted by Gasteiger charge is 2.01. The number of hydrogen-bond donors (Lipinski definition) is 2. The zero-order chi connectivity index (χ0) is 10.6. The van der Waals surface area contributed by atoms with Crippen LogP contribution in [0.2, 0.25) is 5.02 Å². The molecule has 0 bridgehead atoms. The van der Waals surface area contributed by atoms with Crippen LogP contribution in [0.5, 0.6) is 0 Å². The summed E-state index contributed by atoms with van der Waals surface area (Å²) in [5, 5.41) is 7.21. The molecule has 0 fully saturated rings. The molecule has 0 aliphatic heterocycles. The topological polar surface area (TPSA) is 24.1 Å². The fourth-order valence-electron chi connectivity index (χ4n) is 0.918. The molecule has 76 valence electrons. The highest BCUT2D eigenvalue weighted by Crippen LogP contribution is 2.25. The van der Waals surface area contributed by atoms with Crippen LogP contribution >= 0.6 is 39.7 Å². The van der Waals surface area contributed by atoms with Crippen LogP contribution < -0.4 is 10.6 Å². The van der Waals surface area contributed by atoms with E-state index < -0.39 is 0 Å². The van der Waals surface area contributed by atoms with Crippen molar-refractivity contribution < 1.29 is 0 Å². The molecule has 0 amide bonds. The summed E-state index contributed by atoms with van der Waals surface area (Å²) in [6.45, 7) is 2.77. The lowest BCUT2D eigenvalue weighted by Gasteiger charge is -2.10. The molecule has 1 aromatic carbocycles. The largest absolute Gasteiger partial charge is 0.363 e. The van der Waals surface area contributed by atoms with Crippen molar-refractivity contribution in [3.63, 3.8) is 0 Å². The zero-order valence-corrected chi connectivity index (χ0v) is 10.8. The van der Waals surface area contributed by atoms with Crippen molar-refractivity contribution in [2.45, 2.75) is 6.92 Å². The molecule has 0 aliphatic rings. The first kappa shape index (κ1) is 11.8. The van der Waals surface area contributed by atoms with Crippen molar-refractivity contribution in [1.82, 2.24) is 5.32 Å². The second kappa shape index (κ2) is 5.53. The van der Waals surface area contributed by atoms with Gasteiger partial charge in [0.2, 0.25) is 0 Å². The van der Waals surface area contributed by atoms with Gasteiger partial charge in [-0.2, -0.15) is 0 Å². The summed E-state index contributed by atoms with van der Waals surface area (Å²) in [5.74, 6) is 0. The average Bonchev–Trinajstić information content (AvgIpc) is 2.10. The van der Waals surface area contributed by atoms with Crippen molar-refractivity contribution in [3.8, 4) is 0 Å². The quantitative estimate of drug-likeness (QED) is 0.817. The summed E-state index contributed by atoms with van der Waals surface area (Å²) in [6.07, 6.45) is 0. The lowest BCUT2D eigenvalue weighted by atomic mass is 10.3. The summed E-state index contributed by atoms with van der Waals surface area (Å²) < 4.78 is 0.947. The Bertz CT molecular complexity index is 344. The zero-order valence-electron chi connectivity index (χ0n) is 7.60. The van der Waals surface area contributed by atoms with E-state index in [0.29, 0.717) is 10.1 Å². The second-order valence-electron chi connectivity index (χ2n) is 2.61. The maximum atomic E-state index is 5.99. The fourth-order valence-corrected chi connectivity index (χ4v) is 1.89. The van der Waals surface area contributed by atoms with Gasteiger partial charge < -0.3 is 10.6 Å². The van der Waals surface area contributed by atoms with Crippen LogP contribution in [0.1, 0.15) is 6.92 Å². The lowest BCUT2D eigenvalue weighted by molar-refractivity contribution is 0.979. The first-order valence-corrected chi connectivity index (χ1v) is 5.71. The third kappa shape index (κ3) is 3.44. The van der Waals surface area contributed by atoms with Crippen LogP contribution in [0.3, 0.4) is 0 Å². The highest BCUT2D eigenvalue weighted by molar-refractivity contribution is 9.10. The molecule has 2 nitrogen and oxygen atoms in total. The van der Waals surface area contributed by atoms with Crippen LogP contribution in [0.4, 0.5) is 5.69 Å². The van der Waals surface area contributed by atoms with Crippen molar-refractivity contribution in [3.05, 3.63) is 27.7 Å². The van der Waals surface area contributed by atoms with Crippen LogP contribution in [-0.2, 0) is 0 Å². The molecule has 0 radical (unpaired) electrons. The summed E-state index contributed by atoms with van der Waals surface area (Å²) in [5.41, 5.74) is 0.806. The molecule has 2 N–H and O–H groups in total. The first-order chi connectivity index (χ1) is 6.63. The third-order valence-corrected chi connectivity index (χ3v) is 2.57.